The van der Waals surface area contributed by atoms with Crippen molar-refractivity contribution in [3.05, 3.63) is 60.6 Å². The van der Waals surface area contributed by atoms with Crippen LogP contribution < -0.4 is 0 Å². The minimum absolute atomic E-state index is 0.229. The highest BCUT2D eigenvalue weighted by Crippen LogP contribution is 2.25. The minimum Gasteiger partial charge on any atom is -0.478 e. The van der Waals surface area contributed by atoms with Gasteiger partial charge in [0, 0.05) is 35.1 Å². The molecule has 4 nitrogen and oxygen atoms in total. The summed E-state index contributed by atoms with van der Waals surface area (Å²) in [5.41, 5.74) is 2.44. The molecule has 0 atom stereocenters. The second-order valence-corrected chi connectivity index (χ2v) is 4.14. The number of rotatable bonds is 2. The van der Waals surface area contributed by atoms with Crippen LogP contribution in [0.5, 0.6) is 0 Å². The van der Waals surface area contributed by atoms with E-state index < -0.39 is 5.97 Å². The monoisotopic (exact) mass is 250 g/mol. The van der Waals surface area contributed by atoms with E-state index in [1.807, 2.05) is 30.3 Å². The zero-order valence-corrected chi connectivity index (χ0v) is 9.95. The Balaban J connectivity index is 2.22. The number of carboxylic acid groups (broad SMARTS) is 1. The Morgan fingerprint density at radius 2 is 1.95 bits per heavy atom. The number of aromatic carboxylic acids is 1. The normalized spacial score (nSPS) is 10.5. The summed E-state index contributed by atoms with van der Waals surface area (Å²) in [6.07, 6.45) is 4.70. The average molecular weight is 250 g/mol. The van der Waals surface area contributed by atoms with Crippen molar-refractivity contribution in [1.29, 1.82) is 0 Å². The van der Waals surface area contributed by atoms with E-state index in [4.69, 9.17) is 0 Å². The molecule has 3 rings (SSSR count). The maximum absolute atomic E-state index is 11.2. The quantitative estimate of drug-likeness (QED) is 0.759. The van der Waals surface area contributed by atoms with Gasteiger partial charge in [0.2, 0.25) is 0 Å². The van der Waals surface area contributed by atoms with Gasteiger partial charge in [0.25, 0.3) is 0 Å². The first-order chi connectivity index (χ1) is 9.25. The molecule has 0 fully saturated rings. The first-order valence-electron chi connectivity index (χ1n) is 5.78. The third-order valence-corrected chi connectivity index (χ3v) is 2.95. The molecular formula is C15H10N2O2. The van der Waals surface area contributed by atoms with Crippen molar-refractivity contribution in [2.45, 2.75) is 0 Å². The predicted octanol–water partition coefficient (Wildman–Crippen LogP) is 3.00. The summed E-state index contributed by atoms with van der Waals surface area (Å²) in [6, 6.07) is 11.1. The number of para-hydroxylation sites is 1. The van der Waals surface area contributed by atoms with Crippen LogP contribution in [-0.4, -0.2) is 21.0 Å². The number of hydrogen-bond donors (Lipinski definition) is 1. The Morgan fingerprint density at radius 1 is 1.11 bits per heavy atom. The van der Waals surface area contributed by atoms with Crippen molar-refractivity contribution >= 4 is 16.9 Å². The van der Waals surface area contributed by atoms with Crippen LogP contribution >= 0.6 is 0 Å². The zero-order chi connectivity index (χ0) is 13.2. The van der Waals surface area contributed by atoms with Crippen LogP contribution in [0.2, 0.25) is 0 Å². The van der Waals surface area contributed by atoms with Gasteiger partial charge in [-0.3, -0.25) is 9.97 Å². The molecule has 0 saturated carbocycles. The summed E-state index contributed by atoms with van der Waals surface area (Å²) in [4.78, 5) is 19.5. The largest absolute Gasteiger partial charge is 0.478 e. The van der Waals surface area contributed by atoms with Crippen molar-refractivity contribution in [2.75, 3.05) is 0 Å². The highest BCUT2D eigenvalue weighted by molar-refractivity contribution is 5.96. The van der Waals surface area contributed by atoms with Crippen LogP contribution in [-0.2, 0) is 0 Å². The number of fused-ring (bicyclic) bond motifs is 1. The standard InChI is InChI=1S/C15H10N2O2/c18-15(19)12-5-6-16-9-13(12)11-7-10-3-1-2-4-14(10)17-8-11/h1-9H,(H,18,19). The minimum atomic E-state index is -0.967. The molecule has 0 bridgehead atoms. The van der Waals surface area contributed by atoms with Crippen LogP contribution in [0.1, 0.15) is 10.4 Å². The van der Waals surface area contributed by atoms with Gasteiger partial charge in [-0.05, 0) is 18.2 Å². The Morgan fingerprint density at radius 3 is 2.79 bits per heavy atom. The van der Waals surface area contributed by atoms with Gasteiger partial charge in [0.05, 0.1) is 11.1 Å². The Labute approximate surface area is 109 Å². The third-order valence-electron chi connectivity index (χ3n) is 2.95. The van der Waals surface area contributed by atoms with Crippen molar-refractivity contribution in [1.82, 2.24) is 9.97 Å². The van der Waals surface area contributed by atoms with Gasteiger partial charge in [-0.2, -0.15) is 0 Å². The number of nitrogens with zero attached hydrogens (tertiary/aromatic N) is 2. The second kappa shape index (κ2) is 4.49. The lowest BCUT2D eigenvalue weighted by atomic mass is 10.0. The van der Waals surface area contributed by atoms with E-state index >= 15 is 0 Å². The Bertz CT molecular complexity index is 769. The SMILES string of the molecule is O=C(O)c1ccncc1-c1cnc2ccccc2c1. The predicted molar refractivity (Wildman–Crippen MR) is 71.9 cm³/mol. The van der Waals surface area contributed by atoms with E-state index in [-0.39, 0.29) is 5.56 Å². The summed E-state index contributed by atoms with van der Waals surface area (Å²) in [6.45, 7) is 0. The molecule has 0 unspecified atom stereocenters. The maximum Gasteiger partial charge on any atom is 0.336 e. The lowest BCUT2D eigenvalue weighted by molar-refractivity contribution is 0.0697. The van der Waals surface area contributed by atoms with E-state index in [9.17, 15) is 9.90 Å². The summed E-state index contributed by atoms with van der Waals surface area (Å²) in [5, 5.41) is 10.2. The molecule has 0 aliphatic heterocycles. The number of pyridine rings is 2. The van der Waals surface area contributed by atoms with Crippen LogP contribution in [0.25, 0.3) is 22.0 Å². The molecule has 0 spiro atoms. The Kier molecular flexibility index (Phi) is 2.68. The molecular weight excluding hydrogens is 240 g/mol. The van der Waals surface area contributed by atoms with E-state index in [0.717, 1.165) is 16.5 Å². The lowest BCUT2D eigenvalue weighted by Crippen LogP contribution is -2.00. The number of hydrogen-bond acceptors (Lipinski definition) is 3. The van der Waals surface area contributed by atoms with Gasteiger partial charge in [-0.1, -0.05) is 18.2 Å². The highest BCUT2D eigenvalue weighted by atomic mass is 16.4. The maximum atomic E-state index is 11.2. The van der Waals surface area contributed by atoms with Gasteiger partial charge in [0.15, 0.2) is 0 Å². The van der Waals surface area contributed by atoms with Crippen molar-refractivity contribution in [2.24, 2.45) is 0 Å². The van der Waals surface area contributed by atoms with Crippen LogP contribution in [0.4, 0.5) is 0 Å². The molecule has 1 N–H and O–H groups in total. The highest BCUT2D eigenvalue weighted by Gasteiger charge is 2.11. The molecule has 0 saturated heterocycles. The second-order valence-electron chi connectivity index (χ2n) is 4.14. The fourth-order valence-electron chi connectivity index (χ4n) is 2.03. The summed E-state index contributed by atoms with van der Waals surface area (Å²) >= 11 is 0. The first kappa shape index (κ1) is 11.3. The van der Waals surface area contributed by atoms with E-state index in [1.165, 1.54) is 12.3 Å². The van der Waals surface area contributed by atoms with Gasteiger partial charge in [-0.15, -0.1) is 0 Å². The molecule has 0 amide bonds. The molecule has 2 heterocycles. The lowest BCUT2D eigenvalue weighted by Gasteiger charge is -2.06. The van der Waals surface area contributed by atoms with Crippen molar-refractivity contribution < 1.29 is 9.90 Å². The Hall–Kier alpha value is -2.75. The van der Waals surface area contributed by atoms with E-state index in [0.29, 0.717) is 5.56 Å². The molecule has 92 valence electrons. The van der Waals surface area contributed by atoms with Crippen LogP contribution in [0.3, 0.4) is 0 Å². The summed E-state index contributed by atoms with van der Waals surface area (Å²) in [5.74, 6) is -0.967. The fraction of sp³-hybridized carbons (Fsp3) is 0. The molecule has 0 aliphatic rings. The molecule has 2 aromatic heterocycles. The zero-order valence-electron chi connectivity index (χ0n) is 9.95. The molecule has 4 heteroatoms. The van der Waals surface area contributed by atoms with E-state index in [1.54, 1.807) is 12.4 Å². The van der Waals surface area contributed by atoms with Crippen molar-refractivity contribution in [3.63, 3.8) is 0 Å². The summed E-state index contributed by atoms with van der Waals surface area (Å²) in [7, 11) is 0. The third kappa shape index (κ3) is 2.04. The molecule has 1 aromatic carbocycles. The van der Waals surface area contributed by atoms with Gasteiger partial charge in [-0.25, -0.2) is 4.79 Å². The average Bonchev–Trinajstić information content (AvgIpc) is 2.46. The van der Waals surface area contributed by atoms with Crippen molar-refractivity contribution in [3.8, 4) is 11.1 Å². The van der Waals surface area contributed by atoms with E-state index in [2.05, 4.69) is 9.97 Å². The first-order valence-corrected chi connectivity index (χ1v) is 5.78. The van der Waals surface area contributed by atoms with Gasteiger partial charge < -0.3 is 5.11 Å². The molecule has 19 heavy (non-hydrogen) atoms. The molecule has 3 aromatic rings. The fourth-order valence-corrected chi connectivity index (χ4v) is 2.03. The smallest absolute Gasteiger partial charge is 0.336 e. The van der Waals surface area contributed by atoms with Gasteiger partial charge in [0.1, 0.15) is 0 Å². The number of aromatic nitrogens is 2. The number of carbonyl (C=O) groups is 1. The summed E-state index contributed by atoms with van der Waals surface area (Å²) < 4.78 is 0. The van der Waals surface area contributed by atoms with Crippen LogP contribution in [0, 0.1) is 0 Å². The molecule has 0 radical (unpaired) electrons. The number of carboxylic acids is 1. The van der Waals surface area contributed by atoms with Crippen LogP contribution in [0.15, 0.2) is 55.0 Å². The van der Waals surface area contributed by atoms with Gasteiger partial charge >= 0.3 is 5.97 Å². The molecule has 0 aliphatic carbocycles. The number of benzene rings is 1. The topological polar surface area (TPSA) is 63.1 Å².